The number of hydrogen-bond donors (Lipinski definition) is 1. The number of hydrogen-bond acceptors (Lipinski definition) is 2. The van der Waals surface area contributed by atoms with E-state index >= 15 is 0 Å². The molecule has 2 aromatic heterocycles. The summed E-state index contributed by atoms with van der Waals surface area (Å²) >= 11 is 5.77. The van der Waals surface area contributed by atoms with Gasteiger partial charge in [-0.3, -0.25) is 0 Å². The summed E-state index contributed by atoms with van der Waals surface area (Å²) < 4.78 is 40.8. The third kappa shape index (κ3) is 2.64. The number of alkyl halides is 3. The lowest BCUT2D eigenvalue weighted by Crippen LogP contribution is -2.09. The molecular formula is C11H9ClF3N3O2. The molecule has 0 aliphatic rings. The molecule has 5 nitrogen and oxygen atoms in total. The fourth-order valence-electron chi connectivity index (χ4n) is 1.73. The lowest BCUT2D eigenvalue weighted by atomic mass is 10.2. The van der Waals surface area contributed by atoms with Gasteiger partial charge in [0.15, 0.2) is 0 Å². The Balaban J connectivity index is 2.39. The van der Waals surface area contributed by atoms with Crippen LogP contribution < -0.4 is 0 Å². The minimum Gasteiger partial charge on any atom is -0.478 e. The molecule has 108 valence electrons. The summed E-state index contributed by atoms with van der Waals surface area (Å²) in [6.07, 6.45) is -1.69. The first-order chi connectivity index (χ1) is 9.20. The van der Waals surface area contributed by atoms with Crippen molar-refractivity contribution in [3.8, 4) is 0 Å². The van der Waals surface area contributed by atoms with Crippen molar-refractivity contribution in [2.75, 3.05) is 0 Å². The van der Waals surface area contributed by atoms with E-state index in [1.165, 1.54) is 10.8 Å². The first kappa shape index (κ1) is 14.4. The monoisotopic (exact) mass is 307 g/mol. The zero-order valence-electron chi connectivity index (χ0n) is 10.1. The SMILES string of the molecule is Cn1c(Cl)cnc1Cn1cc(C(=O)O)c(C(F)(F)F)c1. The van der Waals surface area contributed by atoms with Crippen molar-refractivity contribution in [3.05, 3.63) is 40.7 Å². The van der Waals surface area contributed by atoms with Crippen LogP contribution in [-0.2, 0) is 19.8 Å². The molecule has 20 heavy (non-hydrogen) atoms. The Hall–Kier alpha value is -1.96. The fraction of sp³-hybridized carbons (Fsp3) is 0.273. The number of halogens is 4. The topological polar surface area (TPSA) is 60.0 Å². The average molecular weight is 308 g/mol. The standard InChI is InChI=1S/C11H9ClF3N3O2/c1-17-8(12)2-16-9(17)5-18-3-6(10(19)20)7(4-18)11(13,14)15/h2-4H,5H2,1H3,(H,19,20). The minimum absolute atomic E-state index is 0.0143. The highest BCUT2D eigenvalue weighted by Crippen LogP contribution is 2.32. The Labute approximate surface area is 116 Å². The lowest BCUT2D eigenvalue weighted by Gasteiger charge is -2.05. The molecule has 0 saturated carbocycles. The quantitative estimate of drug-likeness (QED) is 0.948. The maximum absolute atomic E-state index is 12.7. The summed E-state index contributed by atoms with van der Waals surface area (Å²) in [7, 11) is 1.61. The third-order valence-electron chi connectivity index (χ3n) is 2.77. The van der Waals surface area contributed by atoms with Gasteiger partial charge in [-0.2, -0.15) is 13.2 Å². The van der Waals surface area contributed by atoms with Gasteiger partial charge in [0.2, 0.25) is 0 Å². The maximum Gasteiger partial charge on any atom is 0.418 e. The van der Waals surface area contributed by atoms with Crippen molar-refractivity contribution in [1.82, 2.24) is 14.1 Å². The third-order valence-corrected chi connectivity index (χ3v) is 3.12. The van der Waals surface area contributed by atoms with Gasteiger partial charge in [0, 0.05) is 19.4 Å². The van der Waals surface area contributed by atoms with E-state index in [0.717, 1.165) is 17.0 Å². The molecule has 0 aromatic carbocycles. The second-order valence-electron chi connectivity index (χ2n) is 4.12. The van der Waals surface area contributed by atoms with Gasteiger partial charge in [-0.25, -0.2) is 9.78 Å². The molecule has 1 N–H and O–H groups in total. The highest BCUT2D eigenvalue weighted by molar-refractivity contribution is 6.29. The number of aromatic nitrogens is 3. The Morgan fingerprint density at radius 1 is 1.45 bits per heavy atom. The van der Waals surface area contributed by atoms with E-state index in [0.29, 0.717) is 11.0 Å². The highest BCUT2D eigenvalue weighted by Gasteiger charge is 2.37. The summed E-state index contributed by atoms with van der Waals surface area (Å²) in [4.78, 5) is 14.8. The van der Waals surface area contributed by atoms with Gasteiger partial charge >= 0.3 is 12.1 Å². The van der Waals surface area contributed by atoms with Gasteiger partial charge in [-0.1, -0.05) is 11.6 Å². The van der Waals surface area contributed by atoms with Crippen molar-refractivity contribution in [2.45, 2.75) is 12.7 Å². The summed E-state index contributed by atoms with van der Waals surface area (Å²) in [6, 6.07) is 0. The molecule has 0 aliphatic carbocycles. The molecule has 0 spiro atoms. The first-order valence-corrected chi connectivity index (χ1v) is 5.74. The van der Waals surface area contributed by atoms with E-state index in [-0.39, 0.29) is 6.54 Å². The predicted molar refractivity (Wildman–Crippen MR) is 63.7 cm³/mol. The van der Waals surface area contributed by atoms with Crippen LogP contribution in [0.1, 0.15) is 21.7 Å². The Morgan fingerprint density at radius 2 is 2.10 bits per heavy atom. The average Bonchev–Trinajstić information content (AvgIpc) is 2.88. The van der Waals surface area contributed by atoms with Crippen LogP contribution in [0.5, 0.6) is 0 Å². The molecule has 2 aromatic rings. The lowest BCUT2D eigenvalue weighted by molar-refractivity contribution is -0.138. The van der Waals surface area contributed by atoms with Gasteiger partial charge in [-0.05, 0) is 0 Å². The van der Waals surface area contributed by atoms with Crippen LogP contribution in [0.25, 0.3) is 0 Å². The van der Waals surface area contributed by atoms with Gasteiger partial charge in [0.25, 0.3) is 0 Å². The number of rotatable bonds is 3. The number of imidazole rings is 1. The minimum atomic E-state index is -4.72. The summed E-state index contributed by atoms with van der Waals surface area (Å²) in [6.45, 7) is -0.0143. The zero-order valence-corrected chi connectivity index (χ0v) is 10.9. The van der Waals surface area contributed by atoms with E-state index in [2.05, 4.69) is 4.98 Å². The number of carbonyl (C=O) groups is 1. The Bertz CT molecular complexity index is 660. The molecule has 0 bridgehead atoms. The maximum atomic E-state index is 12.7. The normalized spacial score (nSPS) is 11.8. The molecule has 0 atom stereocenters. The smallest absolute Gasteiger partial charge is 0.418 e. The van der Waals surface area contributed by atoms with E-state index in [1.54, 1.807) is 7.05 Å². The number of carboxylic acids is 1. The summed E-state index contributed by atoms with van der Waals surface area (Å²) in [5, 5.41) is 9.15. The first-order valence-electron chi connectivity index (χ1n) is 5.36. The van der Waals surface area contributed by atoms with Crippen LogP contribution in [0.4, 0.5) is 13.2 Å². The van der Waals surface area contributed by atoms with Crippen molar-refractivity contribution in [3.63, 3.8) is 0 Å². The molecule has 2 rings (SSSR count). The zero-order chi connectivity index (χ0) is 15.1. The predicted octanol–water partition coefficient (Wildman–Crippen LogP) is 2.64. The molecule has 0 aliphatic heterocycles. The van der Waals surface area contributed by atoms with E-state index < -0.39 is 23.3 Å². The van der Waals surface area contributed by atoms with Crippen molar-refractivity contribution < 1.29 is 23.1 Å². The number of aromatic carboxylic acids is 1. The fourth-order valence-corrected chi connectivity index (χ4v) is 1.88. The highest BCUT2D eigenvalue weighted by atomic mass is 35.5. The van der Waals surface area contributed by atoms with Gasteiger partial charge < -0.3 is 14.2 Å². The molecule has 0 radical (unpaired) electrons. The van der Waals surface area contributed by atoms with Crippen LogP contribution in [0, 0.1) is 0 Å². The Kier molecular flexibility index (Phi) is 3.51. The van der Waals surface area contributed by atoms with E-state index in [4.69, 9.17) is 16.7 Å². The van der Waals surface area contributed by atoms with E-state index in [1.807, 2.05) is 0 Å². The largest absolute Gasteiger partial charge is 0.478 e. The molecular weight excluding hydrogens is 299 g/mol. The van der Waals surface area contributed by atoms with Crippen LogP contribution in [0.3, 0.4) is 0 Å². The van der Waals surface area contributed by atoms with Crippen LogP contribution >= 0.6 is 11.6 Å². The van der Waals surface area contributed by atoms with Crippen LogP contribution in [0.2, 0.25) is 5.15 Å². The second kappa shape index (κ2) is 4.86. The summed E-state index contributed by atoms with van der Waals surface area (Å²) in [5.74, 6) is -1.22. The molecule has 0 unspecified atom stereocenters. The van der Waals surface area contributed by atoms with Gasteiger partial charge in [0.05, 0.1) is 23.9 Å². The van der Waals surface area contributed by atoms with Crippen LogP contribution in [-0.4, -0.2) is 25.2 Å². The van der Waals surface area contributed by atoms with Crippen molar-refractivity contribution in [2.24, 2.45) is 7.05 Å². The molecule has 9 heteroatoms. The number of carboxylic acid groups (broad SMARTS) is 1. The molecule has 0 amide bonds. The van der Waals surface area contributed by atoms with Crippen LogP contribution in [0.15, 0.2) is 18.6 Å². The summed E-state index contributed by atoms with van der Waals surface area (Å²) in [5.41, 5.74) is -1.98. The molecule has 2 heterocycles. The molecule has 0 fully saturated rings. The van der Waals surface area contributed by atoms with Gasteiger partial charge in [0.1, 0.15) is 11.0 Å². The number of nitrogens with zero attached hydrogens (tertiary/aromatic N) is 3. The van der Waals surface area contributed by atoms with Gasteiger partial charge in [-0.15, -0.1) is 0 Å². The molecule has 0 saturated heterocycles. The Morgan fingerprint density at radius 3 is 2.50 bits per heavy atom. The van der Waals surface area contributed by atoms with Crippen molar-refractivity contribution >= 4 is 17.6 Å². The van der Waals surface area contributed by atoms with E-state index in [9.17, 15) is 18.0 Å². The van der Waals surface area contributed by atoms with Crippen molar-refractivity contribution in [1.29, 1.82) is 0 Å². The second-order valence-corrected chi connectivity index (χ2v) is 4.50.